The van der Waals surface area contributed by atoms with Gasteiger partial charge >= 0.3 is 0 Å². The molecule has 0 aromatic heterocycles. The van der Waals surface area contributed by atoms with Crippen molar-refractivity contribution in [2.45, 2.75) is 50.0 Å². The summed E-state index contributed by atoms with van der Waals surface area (Å²) in [5, 5.41) is 0. The maximum atomic E-state index is 5.80. The van der Waals surface area contributed by atoms with Crippen molar-refractivity contribution in [1.82, 2.24) is 0 Å². The first-order valence-electron chi connectivity index (χ1n) is 8.18. The Morgan fingerprint density at radius 3 is 2.10 bits per heavy atom. The molecule has 0 bridgehead atoms. The zero-order chi connectivity index (χ0) is 15.6. The number of benzene rings is 1. The lowest BCUT2D eigenvalue weighted by atomic mass is 10.1. The second-order valence-corrected chi connectivity index (χ2v) is 7.01. The van der Waals surface area contributed by atoms with E-state index >= 15 is 0 Å². The highest BCUT2D eigenvalue weighted by Gasteiger charge is 2.32. The summed E-state index contributed by atoms with van der Waals surface area (Å²) in [5.41, 5.74) is 1.42. The van der Waals surface area contributed by atoms with Gasteiger partial charge in [0.1, 0.15) is 0 Å². The highest BCUT2D eigenvalue weighted by molar-refractivity contribution is 14.1. The maximum Gasteiger partial charge on any atom is 0.200 e. The van der Waals surface area contributed by atoms with Gasteiger partial charge in [-0.15, -0.1) is 6.42 Å². The summed E-state index contributed by atoms with van der Waals surface area (Å²) in [4.78, 5) is 0. The molecule has 1 nitrogen and oxygen atoms in total. The molecule has 1 rings (SSSR count). The van der Waals surface area contributed by atoms with Crippen LogP contribution in [0.15, 0.2) is 30.3 Å². The molecule has 116 valence electrons. The third kappa shape index (κ3) is 6.00. The summed E-state index contributed by atoms with van der Waals surface area (Å²) in [7, 11) is 0. The van der Waals surface area contributed by atoms with E-state index in [4.69, 9.17) is 6.42 Å². The van der Waals surface area contributed by atoms with E-state index in [1.54, 1.807) is 0 Å². The van der Waals surface area contributed by atoms with Crippen LogP contribution in [0.4, 0.5) is 0 Å². The first kappa shape index (κ1) is 18.5. The van der Waals surface area contributed by atoms with Crippen molar-refractivity contribution in [1.29, 1.82) is 0 Å². The van der Waals surface area contributed by atoms with Crippen LogP contribution in [0.5, 0.6) is 0 Å². The van der Waals surface area contributed by atoms with Crippen LogP contribution >= 0.6 is 22.6 Å². The molecule has 1 atom stereocenters. The standard InChI is InChI=1S/C19H29IN/c1-4-7-15-21(16-8-5-2,19(20)6-3)17-14-18-12-10-9-11-13-18/h3,9-13,19H,4-5,7-8,14-17H2,1-2H3/q+1. The molecule has 0 radical (unpaired) electrons. The highest BCUT2D eigenvalue weighted by atomic mass is 127. The molecule has 0 N–H and O–H groups in total. The quantitative estimate of drug-likeness (QED) is 0.170. The Balaban J connectivity index is 2.83. The number of quaternary nitrogens is 1. The van der Waals surface area contributed by atoms with Crippen LogP contribution in [-0.2, 0) is 6.42 Å². The Morgan fingerprint density at radius 2 is 1.62 bits per heavy atom. The Kier molecular flexibility index (Phi) is 9.03. The molecule has 0 spiro atoms. The lowest BCUT2D eigenvalue weighted by molar-refractivity contribution is -0.927. The molecular formula is C19H29IN+. The fraction of sp³-hybridized carbons (Fsp3) is 0.579. The van der Waals surface area contributed by atoms with Gasteiger partial charge in [-0.3, -0.25) is 0 Å². The highest BCUT2D eigenvalue weighted by Crippen LogP contribution is 2.23. The second-order valence-electron chi connectivity index (χ2n) is 5.83. The van der Waals surface area contributed by atoms with E-state index < -0.39 is 0 Å². The molecular weight excluding hydrogens is 369 g/mol. The Hall–Kier alpha value is -0.530. The summed E-state index contributed by atoms with van der Waals surface area (Å²) >= 11 is 2.48. The normalized spacial score (nSPS) is 12.9. The molecule has 0 saturated heterocycles. The first-order chi connectivity index (χ1) is 10.2. The molecule has 0 heterocycles. The molecule has 0 saturated carbocycles. The monoisotopic (exact) mass is 398 g/mol. The molecule has 1 aromatic rings. The third-order valence-electron chi connectivity index (χ3n) is 4.22. The largest absolute Gasteiger partial charge is 0.303 e. The fourth-order valence-electron chi connectivity index (χ4n) is 2.78. The topological polar surface area (TPSA) is 0 Å². The lowest BCUT2D eigenvalue weighted by Gasteiger charge is -2.41. The van der Waals surface area contributed by atoms with Crippen LogP contribution < -0.4 is 0 Å². The van der Waals surface area contributed by atoms with Gasteiger partial charge in [-0.1, -0.05) is 57.0 Å². The zero-order valence-corrected chi connectivity index (χ0v) is 15.7. The van der Waals surface area contributed by atoms with Gasteiger partial charge in [0.15, 0.2) is 0 Å². The second kappa shape index (κ2) is 10.2. The molecule has 0 aliphatic carbocycles. The fourth-order valence-corrected chi connectivity index (χ4v) is 3.61. The van der Waals surface area contributed by atoms with Crippen molar-refractivity contribution < 1.29 is 4.48 Å². The Morgan fingerprint density at radius 1 is 1.05 bits per heavy atom. The van der Waals surface area contributed by atoms with E-state index in [1.807, 2.05) is 0 Å². The third-order valence-corrected chi connectivity index (χ3v) is 5.76. The predicted molar refractivity (Wildman–Crippen MR) is 101 cm³/mol. The van der Waals surface area contributed by atoms with E-state index in [2.05, 4.69) is 72.7 Å². The van der Waals surface area contributed by atoms with Crippen molar-refractivity contribution in [3.8, 4) is 12.3 Å². The van der Waals surface area contributed by atoms with Crippen LogP contribution in [0.3, 0.4) is 0 Å². The van der Waals surface area contributed by atoms with Crippen molar-refractivity contribution in [2.75, 3.05) is 19.6 Å². The van der Waals surface area contributed by atoms with Gasteiger partial charge in [0.25, 0.3) is 0 Å². The van der Waals surface area contributed by atoms with E-state index in [0.29, 0.717) is 0 Å². The van der Waals surface area contributed by atoms with Crippen LogP contribution in [0.2, 0.25) is 0 Å². The average Bonchev–Trinajstić information content (AvgIpc) is 2.54. The van der Waals surface area contributed by atoms with Crippen molar-refractivity contribution in [3.05, 3.63) is 35.9 Å². The molecule has 1 aromatic carbocycles. The van der Waals surface area contributed by atoms with E-state index in [0.717, 1.165) is 17.4 Å². The van der Waals surface area contributed by atoms with Gasteiger partial charge in [0.05, 0.1) is 19.6 Å². The number of unbranched alkanes of at least 4 members (excludes halogenated alkanes) is 2. The smallest absolute Gasteiger partial charge is 0.200 e. The molecule has 0 aliphatic heterocycles. The van der Waals surface area contributed by atoms with E-state index in [1.165, 1.54) is 44.3 Å². The van der Waals surface area contributed by atoms with Crippen LogP contribution in [-0.4, -0.2) is 28.2 Å². The van der Waals surface area contributed by atoms with Crippen molar-refractivity contribution in [3.63, 3.8) is 0 Å². The van der Waals surface area contributed by atoms with Crippen molar-refractivity contribution >= 4 is 22.6 Å². The molecule has 1 unspecified atom stereocenters. The zero-order valence-electron chi connectivity index (χ0n) is 13.5. The summed E-state index contributed by atoms with van der Waals surface area (Å²) in [6.07, 6.45) is 11.9. The maximum absolute atomic E-state index is 5.80. The number of hydrogen-bond donors (Lipinski definition) is 0. The van der Waals surface area contributed by atoms with Crippen LogP contribution in [0.25, 0.3) is 0 Å². The number of hydrogen-bond acceptors (Lipinski definition) is 0. The molecule has 0 amide bonds. The Bertz CT molecular complexity index is 413. The molecule has 21 heavy (non-hydrogen) atoms. The minimum atomic E-state index is 0.282. The van der Waals surface area contributed by atoms with Gasteiger partial charge in [-0.05, 0) is 24.3 Å². The number of alkyl halides is 1. The van der Waals surface area contributed by atoms with Gasteiger partial charge in [-0.2, -0.15) is 0 Å². The lowest BCUT2D eigenvalue weighted by Crippen LogP contribution is -2.54. The first-order valence-corrected chi connectivity index (χ1v) is 9.43. The Labute approximate surface area is 144 Å². The number of nitrogens with zero attached hydrogens (tertiary/aromatic N) is 1. The molecule has 0 aliphatic rings. The molecule has 2 heteroatoms. The average molecular weight is 398 g/mol. The number of terminal acetylenes is 1. The van der Waals surface area contributed by atoms with Gasteiger partial charge in [0.2, 0.25) is 4.05 Å². The van der Waals surface area contributed by atoms with Gasteiger partial charge < -0.3 is 4.48 Å². The minimum Gasteiger partial charge on any atom is -0.303 e. The predicted octanol–water partition coefficient (Wildman–Crippen LogP) is 5.04. The number of rotatable bonds is 10. The SMILES string of the molecule is C#CC(I)[N+](CCCC)(CCCC)CCc1ccccc1. The van der Waals surface area contributed by atoms with Crippen LogP contribution in [0, 0.1) is 12.3 Å². The van der Waals surface area contributed by atoms with E-state index in [-0.39, 0.29) is 4.05 Å². The summed E-state index contributed by atoms with van der Waals surface area (Å²) in [5.74, 6) is 3.02. The van der Waals surface area contributed by atoms with Gasteiger partial charge in [0, 0.05) is 29.0 Å². The molecule has 0 fully saturated rings. The summed E-state index contributed by atoms with van der Waals surface area (Å²) < 4.78 is 1.36. The summed E-state index contributed by atoms with van der Waals surface area (Å²) in [6.45, 7) is 8.11. The minimum absolute atomic E-state index is 0.282. The number of halogens is 1. The summed E-state index contributed by atoms with van der Waals surface area (Å²) in [6, 6.07) is 10.8. The van der Waals surface area contributed by atoms with Crippen LogP contribution in [0.1, 0.15) is 45.1 Å². The van der Waals surface area contributed by atoms with Gasteiger partial charge in [-0.25, -0.2) is 0 Å². The van der Waals surface area contributed by atoms with Crippen molar-refractivity contribution in [2.24, 2.45) is 0 Å². The van der Waals surface area contributed by atoms with E-state index in [9.17, 15) is 0 Å².